The lowest BCUT2D eigenvalue weighted by atomic mass is 10.2. The first-order chi connectivity index (χ1) is 6.57. The number of hydrogen-bond acceptors (Lipinski definition) is 2. The van der Waals surface area contributed by atoms with Gasteiger partial charge in [0.2, 0.25) is 0 Å². The largest absolute Gasteiger partial charge is 0.462 e. The minimum absolute atomic E-state index is 0.225. The van der Waals surface area contributed by atoms with Crippen molar-refractivity contribution < 1.29 is 13.9 Å². The van der Waals surface area contributed by atoms with Crippen LogP contribution in [0, 0.1) is 5.82 Å². The summed E-state index contributed by atoms with van der Waals surface area (Å²) in [6.45, 7) is 2.00. The highest BCUT2D eigenvalue weighted by atomic mass is 79.9. The summed E-state index contributed by atoms with van der Waals surface area (Å²) in [5.74, 6) is -0.898. The molecule has 5 heteroatoms. The standard InChI is InChI=1S/C9H7Br2FO2/c1-2-14-9(13)5-3-4-6(12)8(11)7(5)10/h3-4H,2H2,1H3. The third-order valence-electron chi connectivity index (χ3n) is 1.53. The van der Waals surface area contributed by atoms with E-state index in [4.69, 9.17) is 4.74 Å². The van der Waals surface area contributed by atoms with Gasteiger partial charge in [-0.2, -0.15) is 0 Å². The topological polar surface area (TPSA) is 26.3 Å². The molecular weight excluding hydrogens is 319 g/mol. The summed E-state index contributed by atoms with van der Waals surface area (Å²) in [6, 6.07) is 2.59. The number of hydrogen-bond donors (Lipinski definition) is 0. The Balaban J connectivity index is 3.11. The number of carbonyl (C=O) groups excluding carboxylic acids is 1. The van der Waals surface area contributed by atoms with Gasteiger partial charge in [-0.25, -0.2) is 9.18 Å². The average Bonchev–Trinajstić information content (AvgIpc) is 2.15. The zero-order valence-corrected chi connectivity index (χ0v) is 10.5. The van der Waals surface area contributed by atoms with Gasteiger partial charge in [0.15, 0.2) is 0 Å². The minimum atomic E-state index is -0.472. The Labute approximate surface area is 97.7 Å². The van der Waals surface area contributed by atoms with Crippen molar-refractivity contribution in [2.24, 2.45) is 0 Å². The molecule has 0 aliphatic rings. The van der Waals surface area contributed by atoms with Crippen molar-refractivity contribution >= 4 is 37.8 Å². The van der Waals surface area contributed by atoms with Crippen molar-refractivity contribution in [1.82, 2.24) is 0 Å². The number of rotatable bonds is 2. The van der Waals surface area contributed by atoms with Gasteiger partial charge in [-0.15, -0.1) is 0 Å². The van der Waals surface area contributed by atoms with Crippen LogP contribution >= 0.6 is 31.9 Å². The third kappa shape index (κ3) is 2.33. The van der Waals surface area contributed by atoms with Gasteiger partial charge in [-0.3, -0.25) is 0 Å². The Hall–Kier alpha value is -0.420. The van der Waals surface area contributed by atoms with E-state index < -0.39 is 11.8 Å². The van der Waals surface area contributed by atoms with Crippen LogP contribution in [0.4, 0.5) is 4.39 Å². The molecule has 0 aromatic heterocycles. The smallest absolute Gasteiger partial charge is 0.339 e. The summed E-state index contributed by atoms with van der Waals surface area (Å²) < 4.78 is 18.4. The minimum Gasteiger partial charge on any atom is -0.462 e. The summed E-state index contributed by atoms with van der Waals surface area (Å²) in [6.07, 6.45) is 0. The summed E-state index contributed by atoms with van der Waals surface area (Å²) in [5, 5.41) is 0. The van der Waals surface area contributed by atoms with Gasteiger partial charge >= 0.3 is 5.97 Å². The van der Waals surface area contributed by atoms with Gasteiger partial charge in [0.05, 0.1) is 16.6 Å². The highest BCUT2D eigenvalue weighted by Gasteiger charge is 2.15. The molecule has 1 aromatic carbocycles. The maximum absolute atomic E-state index is 13.0. The van der Waals surface area contributed by atoms with Crippen LogP contribution < -0.4 is 0 Å². The Bertz CT molecular complexity index is 366. The van der Waals surface area contributed by atoms with E-state index in [0.29, 0.717) is 16.6 Å². The average molecular weight is 326 g/mol. The summed E-state index contributed by atoms with van der Waals surface area (Å²) in [5.41, 5.74) is 0.306. The first-order valence-electron chi connectivity index (χ1n) is 3.88. The quantitative estimate of drug-likeness (QED) is 0.614. The first-order valence-corrected chi connectivity index (χ1v) is 5.47. The van der Waals surface area contributed by atoms with E-state index in [2.05, 4.69) is 31.9 Å². The van der Waals surface area contributed by atoms with Gasteiger partial charge < -0.3 is 4.74 Å². The summed E-state index contributed by atoms with van der Waals surface area (Å²) in [7, 11) is 0. The van der Waals surface area contributed by atoms with Crippen molar-refractivity contribution in [2.75, 3.05) is 6.61 Å². The second-order valence-corrected chi connectivity index (χ2v) is 4.03. The normalized spacial score (nSPS) is 10.0. The molecule has 1 rings (SSSR count). The van der Waals surface area contributed by atoms with Crippen molar-refractivity contribution in [3.8, 4) is 0 Å². The predicted molar refractivity (Wildman–Crippen MR) is 57.8 cm³/mol. The van der Waals surface area contributed by atoms with Gasteiger partial charge in [0.1, 0.15) is 5.82 Å². The van der Waals surface area contributed by atoms with Crippen molar-refractivity contribution in [1.29, 1.82) is 0 Å². The molecule has 0 radical (unpaired) electrons. The van der Waals surface area contributed by atoms with Crippen LogP contribution in [0.1, 0.15) is 17.3 Å². The molecule has 0 unspecified atom stereocenters. The van der Waals surface area contributed by atoms with Gasteiger partial charge in [0, 0.05) is 4.47 Å². The lowest BCUT2D eigenvalue weighted by molar-refractivity contribution is 0.0525. The number of esters is 1. The number of ether oxygens (including phenoxy) is 1. The van der Waals surface area contributed by atoms with Crippen LogP contribution in [0.5, 0.6) is 0 Å². The Morgan fingerprint density at radius 2 is 2.07 bits per heavy atom. The molecule has 76 valence electrons. The van der Waals surface area contributed by atoms with Gasteiger partial charge in [-0.1, -0.05) is 0 Å². The van der Waals surface area contributed by atoms with Crippen LogP contribution in [0.15, 0.2) is 21.1 Å². The molecule has 0 saturated heterocycles. The molecule has 14 heavy (non-hydrogen) atoms. The number of halogens is 3. The van der Waals surface area contributed by atoms with Crippen molar-refractivity contribution in [3.63, 3.8) is 0 Å². The van der Waals surface area contributed by atoms with Crippen LogP contribution in [-0.4, -0.2) is 12.6 Å². The molecule has 0 aliphatic carbocycles. The zero-order chi connectivity index (χ0) is 10.7. The molecule has 0 heterocycles. The fourth-order valence-corrected chi connectivity index (χ4v) is 1.72. The maximum Gasteiger partial charge on any atom is 0.339 e. The van der Waals surface area contributed by atoms with Crippen molar-refractivity contribution in [3.05, 3.63) is 32.5 Å². The fourth-order valence-electron chi connectivity index (χ4n) is 0.892. The van der Waals surface area contributed by atoms with Crippen LogP contribution in [-0.2, 0) is 4.74 Å². The van der Waals surface area contributed by atoms with Crippen LogP contribution in [0.25, 0.3) is 0 Å². The van der Waals surface area contributed by atoms with Crippen molar-refractivity contribution in [2.45, 2.75) is 6.92 Å². The maximum atomic E-state index is 13.0. The van der Waals surface area contributed by atoms with E-state index in [9.17, 15) is 9.18 Å². The van der Waals surface area contributed by atoms with E-state index in [-0.39, 0.29) is 4.47 Å². The Kier molecular flexibility index (Phi) is 4.07. The number of benzene rings is 1. The lowest BCUT2D eigenvalue weighted by Crippen LogP contribution is -2.06. The first kappa shape index (κ1) is 11.7. The van der Waals surface area contributed by atoms with E-state index >= 15 is 0 Å². The molecule has 0 atom stereocenters. The van der Waals surface area contributed by atoms with Gasteiger partial charge in [0.25, 0.3) is 0 Å². The van der Waals surface area contributed by atoms with E-state index in [1.165, 1.54) is 12.1 Å². The molecule has 1 aromatic rings. The highest BCUT2D eigenvalue weighted by Crippen LogP contribution is 2.29. The fraction of sp³-hybridized carbons (Fsp3) is 0.222. The molecule has 0 spiro atoms. The highest BCUT2D eigenvalue weighted by molar-refractivity contribution is 9.13. The van der Waals surface area contributed by atoms with Gasteiger partial charge in [-0.05, 0) is 50.9 Å². The predicted octanol–water partition coefficient (Wildman–Crippen LogP) is 3.53. The molecule has 2 nitrogen and oxygen atoms in total. The molecule has 0 amide bonds. The second kappa shape index (κ2) is 4.89. The molecule has 0 saturated carbocycles. The van der Waals surface area contributed by atoms with E-state index in [1.807, 2.05) is 0 Å². The molecule has 0 bridgehead atoms. The Morgan fingerprint density at radius 1 is 1.43 bits per heavy atom. The second-order valence-electron chi connectivity index (χ2n) is 2.44. The zero-order valence-electron chi connectivity index (χ0n) is 7.31. The monoisotopic (exact) mass is 324 g/mol. The van der Waals surface area contributed by atoms with E-state index in [1.54, 1.807) is 6.92 Å². The lowest BCUT2D eigenvalue weighted by Gasteiger charge is -2.05. The molecular formula is C9H7Br2FO2. The summed E-state index contributed by atoms with van der Waals surface area (Å²) in [4.78, 5) is 11.3. The summed E-state index contributed by atoms with van der Waals surface area (Å²) >= 11 is 6.13. The molecule has 0 fully saturated rings. The number of carbonyl (C=O) groups is 1. The van der Waals surface area contributed by atoms with E-state index in [0.717, 1.165) is 0 Å². The molecule has 0 aliphatic heterocycles. The SMILES string of the molecule is CCOC(=O)c1ccc(F)c(Br)c1Br. The van der Waals surface area contributed by atoms with Crippen LogP contribution in [0.2, 0.25) is 0 Å². The Morgan fingerprint density at radius 3 is 2.64 bits per heavy atom. The third-order valence-corrected chi connectivity index (χ3v) is 3.66. The van der Waals surface area contributed by atoms with Crippen LogP contribution in [0.3, 0.4) is 0 Å². The molecule has 0 N–H and O–H groups in total.